The van der Waals surface area contributed by atoms with Crippen LogP contribution < -0.4 is 0 Å². The fourth-order valence-corrected chi connectivity index (χ4v) is 9.91. The molecule has 0 bridgehead atoms. The number of carbonyl (C=O) groups excluding carboxylic acids is 2. The lowest BCUT2D eigenvalue weighted by molar-refractivity contribution is -0.162. The first kappa shape index (κ1) is 46.2. The summed E-state index contributed by atoms with van der Waals surface area (Å²) in [6.07, 6.45) is 10.9. The molecule has 0 aromatic heterocycles. The lowest BCUT2D eigenvalue weighted by atomic mass is 9.89. The maximum atomic E-state index is 14.0. The van der Waals surface area contributed by atoms with Crippen molar-refractivity contribution in [3.63, 3.8) is 0 Å². The summed E-state index contributed by atoms with van der Waals surface area (Å²) in [4.78, 5) is 27.6. The molecule has 0 aromatic rings. The van der Waals surface area contributed by atoms with Crippen molar-refractivity contribution in [2.24, 2.45) is 17.8 Å². The Morgan fingerprint density at radius 3 is 2.12 bits per heavy atom. The van der Waals surface area contributed by atoms with E-state index >= 15 is 0 Å². The van der Waals surface area contributed by atoms with Gasteiger partial charge in [0.1, 0.15) is 12.2 Å². The van der Waals surface area contributed by atoms with E-state index in [0.29, 0.717) is 25.7 Å². The molecule has 1 aliphatic rings. The molecule has 1 heterocycles. The highest BCUT2D eigenvalue weighted by Crippen LogP contribution is 2.29. The summed E-state index contributed by atoms with van der Waals surface area (Å²) in [5.74, 6) is -0.681. The number of allylic oxidation sites excluding steroid dienone is 1. The maximum absolute atomic E-state index is 14.0. The van der Waals surface area contributed by atoms with Crippen LogP contribution in [0.25, 0.3) is 0 Å². The van der Waals surface area contributed by atoms with E-state index < -0.39 is 42.6 Å². The predicted octanol–water partition coefficient (Wildman–Crippen LogP) is 10.4. The van der Waals surface area contributed by atoms with E-state index in [1.54, 1.807) is 13.0 Å². The summed E-state index contributed by atoms with van der Waals surface area (Å²) in [6.45, 7) is 35.7. The van der Waals surface area contributed by atoms with Crippen molar-refractivity contribution >= 4 is 59.5 Å². The van der Waals surface area contributed by atoms with E-state index in [9.17, 15) is 9.59 Å². The molecule has 49 heavy (non-hydrogen) atoms. The fourth-order valence-electron chi connectivity index (χ4n) is 5.73. The van der Waals surface area contributed by atoms with Crippen molar-refractivity contribution in [2.75, 3.05) is 4.43 Å². The highest BCUT2D eigenvalue weighted by atomic mass is 127. The van der Waals surface area contributed by atoms with Crippen LogP contribution in [0, 0.1) is 17.8 Å². The molecule has 0 unspecified atom stereocenters. The average Bonchev–Trinajstić information content (AvgIpc) is 2.92. The molecule has 0 aromatic carbocycles. The van der Waals surface area contributed by atoms with Crippen molar-refractivity contribution in [3.05, 3.63) is 48.1 Å². The molecule has 0 aliphatic carbocycles. The van der Waals surface area contributed by atoms with Crippen molar-refractivity contribution in [2.45, 2.75) is 156 Å². The molecule has 0 saturated carbocycles. The highest BCUT2D eigenvalue weighted by molar-refractivity contribution is 14.1. The van der Waals surface area contributed by atoms with E-state index in [0.717, 1.165) is 15.6 Å². The van der Waals surface area contributed by atoms with Crippen molar-refractivity contribution < 1.29 is 32.3 Å². The van der Waals surface area contributed by atoms with Crippen LogP contribution in [0.3, 0.4) is 0 Å². The lowest BCUT2D eigenvalue weighted by Gasteiger charge is -2.34. The molecule has 7 nitrogen and oxygen atoms in total. The topological polar surface area (TPSA) is 80.3 Å². The second-order valence-corrected chi connectivity index (χ2v) is 31.3. The molecule has 1 aliphatic heterocycles. The van der Waals surface area contributed by atoms with Gasteiger partial charge in [-0.05, 0) is 110 Å². The molecule has 8 atom stereocenters. The third-order valence-corrected chi connectivity index (χ3v) is 12.6. The number of hydrogen-bond acceptors (Lipinski definition) is 7. The quantitative estimate of drug-likeness (QED) is 0.0636. The van der Waals surface area contributed by atoms with Crippen LogP contribution in [0.4, 0.5) is 0 Å². The van der Waals surface area contributed by atoms with Crippen LogP contribution in [-0.4, -0.2) is 71.3 Å². The molecule has 282 valence electrons. The Balaban J connectivity index is 3.73. The molecule has 0 saturated heterocycles. The van der Waals surface area contributed by atoms with Crippen LogP contribution in [-0.2, 0) is 32.3 Å². The first-order valence-corrected chi connectivity index (χ1v) is 29.7. The summed E-state index contributed by atoms with van der Waals surface area (Å²) in [7, 11) is -5.89. The second-order valence-electron chi connectivity index (χ2n) is 17.2. The number of carbonyl (C=O) groups is 2. The van der Waals surface area contributed by atoms with Crippen LogP contribution in [0.1, 0.15) is 67.2 Å². The Morgan fingerprint density at radius 2 is 1.59 bits per heavy atom. The van der Waals surface area contributed by atoms with Crippen molar-refractivity contribution in [3.8, 4) is 0 Å². The van der Waals surface area contributed by atoms with E-state index in [1.165, 1.54) is 0 Å². The summed E-state index contributed by atoms with van der Waals surface area (Å²) < 4.78 is 32.9. The van der Waals surface area contributed by atoms with Gasteiger partial charge in [0.2, 0.25) is 0 Å². The molecule has 0 amide bonds. The second kappa shape index (κ2) is 19.8. The van der Waals surface area contributed by atoms with Gasteiger partial charge in [0, 0.05) is 35.4 Å². The summed E-state index contributed by atoms with van der Waals surface area (Å²) >= 11 is 2.30. The molecule has 11 heteroatoms. The fraction of sp³-hybridized carbons (Fsp3) is 0.737. The third kappa shape index (κ3) is 18.5. The van der Waals surface area contributed by atoms with Crippen LogP contribution >= 0.6 is 22.6 Å². The van der Waals surface area contributed by atoms with Gasteiger partial charge in [0.15, 0.2) is 30.6 Å². The Labute approximate surface area is 316 Å². The van der Waals surface area contributed by atoms with Gasteiger partial charge in [0.25, 0.3) is 0 Å². The SMILES string of the molecule is C=C(CI)C[C@@H]1C/C=C/[C@H](O[Si](C)(C)C)[C@H](C)/C(C)=C/C(=O)O[C@H](C[C@H](C)[C@H](C)O[Si](C)(C)C)[C@@H](C)C/C=C/[C@@](C)(O[Si](C)(C)C)C(=O)O1. The molecule has 0 fully saturated rings. The monoisotopic (exact) mass is 848 g/mol. The number of alkyl halides is 1. The summed E-state index contributed by atoms with van der Waals surface area (Å²) in [6, 6.07) is 0. The first-order chi connectivity index (χ1) is 22.2. The van der Waals surface area contributed by atoms with Crippen LogP contribution in [0.15, 0.2) is 48.1 Å². The van der Waals surface area contributed by atoms with E-state index in [1.807, 2.05) is 25.2 Å². The molecular formula is C38H69IO7Si3. The lowest BCUT2D eigenvalue weighted by Crippen LogP contribution is -2.47. The average molecular weight is 849 g/mol. The summed E-state index contributed by atoms with van der Waals surface area (Å²) in [5.41, 5.74) is 0.645. The van der Waals surface area contributed by atoms with Gasteiger partial charge in [-0.15, -0.1) is 0 Å². The molecular weight excluding hydrogens is 780 g/mol. The molecule has 0 radical (unpaired) electrons. The van der Waals surface area contributed by atoms with Gasteiger partial charge in [-0.1, -0.05) is 79.3 Å². The van der Waals surface area contributed by atoms with E-state index in [2.05, 4.69) is 122 Å². The van der Waals surface area contributed by atoms with Gasteiger partial charge in [-0.3, -0.25) is 0 Å². The number of hydrogen-bond donors (Lipinski definition) is 0. The smallest absolute Gasteiger partial charge is 0.341 e. The Morgan fingerprint density at radius 1 is 0.980 bits per heavy atom. The van der Waals surface area contributed by atoms with Gasteiger partial charge in [-0.25, -0.2) is 9.59 Å². The molecule has 1 rings (SSSR count). The third-order valence-electron chi connectivity index (χ3n) is 8.46. The van der Waals surface area contributed by atoms with Crippen molar-refractivity contribution in [1.82, 2.24) is 0 Å². The van der Waals surface area contributed by atoms with Gasteiger partial charge < -0.3 is 22.8 Å². The standard InChI is InChI=1S/C38H69IO7Si3/c1-27(26-39)23-33-20-17-21-34(45-48(11,12)13)31(5)29(3)25-36(40)43-35(24-30(4)32(6)44-47(8,9)10)28(2)19-18-22-38(7,37(41)42-33)46-49(14,15)16/h17-18,21-22,25,28,30-35H,1,19-20,23-24,26H2,2-16H3/b21-17+,22-18+,29-25+/t28-,30-,31+,32-,33-,34-,35+,38+/m0/s1. The van der Waals surface area contributed by atoms with Gasteiger partial charge in [0.05, 0.1) is 6.10 Å². The molecule has 0 spiro atoms. The number of ether oxygens (including phenoxy) is 2. The largest absolute Gasteiger partial charge is 0.459 e. The zero-order valence-electron chi connectivity index (χ0n) is 33.4. The minimum Gasteiger partial charge on any atom is -0.459 e. The zero-order valence-corrected chi connectivity index (χ0v) is 38.6. The van der Waals surface area contributed by atoms with E-state index in [-0.39, 0.29) is 42.0 Å². The van der Waals surface area contributed by atoms with E-state index in [4.69, 9.17) is 22.8 Å². The number of halogens is 1. The minimum atomic E-state index is -2.18. The van der Waals surface area contributed by atoms with Gasteiger partial charge >= 0.3 is 11.9 Å². The first-order valence-electron chi connectivity index (χ1n) is 18.0. The predicted molar refractivity (Wildman–Crippen MR) is 221 cm³/mol. The van der Waals surface area contributed by atoms with Crippen LogP contribution in [0.5, 0.6) is 0 Å². The molecule has 0 N–H and O–H groups in total. The minimum absolute atomic E-state index is 0.0236. The Kier molecular flexibility index (Phi) is 18.7. The van der Waals surface area contributed by atoms with Crippen molar-refractivity contribution in [1.29, 1.82) is 0 Å². The number of esters is 2. The van der Waals surface area contributed by atoms with Gasteiger partial charge in [-0.2, -0.15) is 0 Å². The highest BCUT2D eigenvalue weighted by Gasteiger charge is 2.39. The maximum Gasteiger partial charge on any atom is 0.341 e. The number of cyclic esters (lactones) is 2. The van der Waals surface area contributed by atoms with Crippen LogP contribution in [0.2, 0.25) is 58.9 Å². The Bertz CT molecular complexity index is 1180. The Hall–Kier alpha value is -0.839. The normalized spacial score (nSPS) is 30.9. The summed E-state index contributed by atoms with van der Waals surface area (Å²) in [5, 5.41) is 0. The number of rotatable bonds is 12. The zero-order chi connectivity index (χ0) is 38.0.